The molecule has 0 spiro atoms. The molecule has 0 unspecified atom stereocenters. The molecule has 0 saturated carbocycles. The van der Waals surface area contributed by atoms with Crippen LogP contribution in [0.4, 0.5) is 11.4 Å². The van der Waals surface area contributed by atoms with E-state index in [-0.39, 0.29) is 11.6 Å². The lowest BCUT2D eigenvalue weighted by Crippen LogP contribution is -2.28. The van der Waals surface area contributed by atoms with Gasteiger partial charge in [0.15, 0.2) is 0 Å². The molecule has 1 N–H and O–H groups in total. The highest BCUT2D eigenvalue weighted by atomic mass is 17.0. The van der Waals surface area contributed by atoms with E-state index in [9.17, 15) is 14.4 Å². The molecule has 0 aliphatic rings. The van der Waals surface area contributed by atoms with E-state index < -0.39 is 11.9 Å². The summed E-state index contributed by atoms with van der Waals surface area (Å²) in [6.07, 6.45) is 2.64. The average molecular weight is 386 g/mol. The van der Waals surface area contributed by atoms with Crippen LogP contribution in [0.15, 0.2) is 54.6 Å². The highest BCUT2D eigenvalue weighted by Gasteiger charge is 2.15. The highest BCUT2D eigenvalue weighted by molar-refractivity contribution is 6.04. The molecule has 0 aromatic heterocycles. The molecule has 0 aliphatic heterocycles. The first-order valence-corrected chi connectivity index (χ1v) is 9.01. The van der Waals surface area contributed by atoms with Gasteiger partial charge in [-0.1, -0.05) is 51.0 Å². The molecule has 2 aromatic rings. The Bertz CT molecular complexity index is 759. The average Bonchev–Trinajstić information content (AvgIpc) is 2.68. The normalized spacial score (nSPS) is 9.43. The third-order valence-electron chi connectivity index (χ3n) is 3.27. The molecule has 1 amide bonds. The summed E-state index contributed by atoms with van der Waals surface area (Å²) in [6.45, 7) is 6.72. The second-order valence-electron chi connectivity index (χ2n) is 5.79. The fourth-order valence-corrected chi connectivity index (χ4v) is 1.85. The number of benzene rings is 2. The molecule has 0 saturated heterocycles. The number of carbonyl (C=O) groups is 3. The van der Waals surface area contributed by atoms with E-state index in [2.05, 4.69) is 19.2 Å². The van der Waals surface area contributed by atoms with Crippen LogP contribution in [0.5, 0.6) is 0 Å². The van der Waals surface area contributed by atoms with Crippen molar-refractivity contribution >= 4 is 29.2 Å². The summed E-state index contributed by atoms with van der Waals surface area (Å²) >= 11 is 0. The molecule has 0 bridgehead atoms. The SMILES string of the molecule is CC(=O)ON(OC(C)=O)c1cccc(NC(=O)c2ccccc2)c1.CCCC. The van der Waals surface area contributed by atoms with Crippen molar-refractivity contribution in [2.75, 3.05) is 10.5 Å². The summed E-state index contributed by atoms with van der Waals surface area (Å²) in [4.78, 5) is 44.1. The quantitative estimate of drug-likeness (QED) is 0.736. The van der Waals surface area contributed by atoms with Gasteiger partial charge in [0.2, 0.25) is 0 Å². The van der Waals surface area contributed by atoms with Crippen LogP contribution in [0.2, 0.25) is 0 Å². The molecule has 0 heterocycles. The Balaban J connectivity index is 0.000000892. The lowest BCUT2D eigenvalue weighted by atomic mass is 10.2. The van der Waals surface area contributed by atoms with E-state index in [1.807, 2.05) is 6.07 Å². The third-order valence-corrected chi connectivity index (χ3v) is 3.27. The van der Waals surface area contributed by atoms with Crippen molar-refractivity contribution in [3.63, 3.8) is 0 Å². The molecule has 0 atom stereocenters. The van der Waals surface area contributed by atoms with Gasteiger partial charge in [0.25, 0.3) is 5.91 Å². The van der Waals surface area contributed by atoms with Crippen LogP contribution in [-0.4, -0.2) is 17.8 Å². The van der Waals surface area contributed by atoms with Crippen molar-refractivity contribution in [1.29, 1.82) is 0 Å². The molecule has 7 nitrogen and oxygen atoms in total. The van der Waals surface area contributed by atoms with Gasteiger partial charge in [0.05, 0.1) is 0 Å². The van der Waals surface area contributed by atoms with Crippen LogP contribution in [0.3, 0.4) is 0 Å². The van der Waals surface area contributed by atoms with E-state index in [0.29, 0.717) is 16.5 Å². The largest absolute Gasteiger partial charge is 0.333 e. The number of carbonyl (C=O) groups excluding carboxylic acids is 3. The fraction of sp³-hybridized carbons (Fsp3) is 0.286. The van der Waals surface area contributed by atoms with Crippen molar-refractivity contribution in [3.8, 4) is 0 Å². The van der Waals surface area contributed by atoms with Gasteiger partial charge >= 0.3 is 11.9 Å². The van der Waals surface area contributed by atoms with Gasteiger partial charge in [-0.2, -0.15) is 0 Å². The fourth-order valence-electron chi connectivity index (χ4n) is 1.85. The predicted molar refractivity (Wildman–Crippen MR) is 107 cm³/mol. The van der Waals surface area contributed by atoms with Gasteiger partial charge in [0, 0.05) is 25.1 Å². The number of anilines is 2. The Morgan fingerprint density at radius 3 is 1.93 bits per heavy atom. The number of nitrogens with zero attached hydrogens (tertiary/aromatic N) is 1. The standard InChI is InChI=1S/C17H16N2O5.C4H10/c1-12(20)23-19(24-13(2)21)16-10-6-9-15(11-16)18-17(22)14-7-4-3-5-8-14;1-3-4-2/h3-11H,1-2H3,(H,18,22);3-4H2,1-2H3. The van der Waals surface area contributed by atoms with Gasteiger partial charge in [-0.05, 0) is 35.6 Å². The zero-order valence-electron chi connectivity index (χ0n) is 16.6. The Morgan fingerprint density at radius 2 is 1.43 bits per heavy atom. The van der Waals surface area contributed by atoms with E-state index in [1.165, 1.54) is 32.8 Å². The van der Waals surface area contributed by atoms with E-state index >= 15 is 0 Å². The molecule has 0 aliphatic carbocycles. The van der Waals surface area contributed by atoms with E-state index in [1.54, 1.807) is 42.5 Å². The topological polar surface area (TPSA) is 84.9 Å². The smallest absolute Gasteiger partial charge is 0.322 e. The predicted octanol–water partition coefficient (Wildman–Crippen LogP) is 4.51. The minimum atomic E-state index is -0.657. The molecule has 28 heavy (non-hydrogen) atoms. The van der Waals surface area contributed by atoms with Crippen LogP contribution < -0.4 is 10.5 Å². The molecule has 0 fully saturated rings. The first kappa shape index (κ1) is 22.7. The molecule has 0 radical (unpaired) electrons. The molecule has 150 valence electrons. The lowest BCUT2D eigenvalue weighted by Gasteiger charge is -2.20. The Labute approximate surface area is 165 Å². The van der Waals surface area contributed by atoms with Crippen LogP contribution >= 0.6 is 0 Å². The zero-order valence-corrected chi connectivity index (χ0v) is 16.6. The number of rotatable bonds is 6. The van der Waals surface area contributed by atoms with Crippen molar-refractivity contribution in [1.82, 2.24) is 0 Å². The summed E-state index contributed by atoms with van der Waals surface area (Å²) in [5.41, 5.74) is 1.22. The van der Waals surface area contributed by atoms with Crippen LogP contribution in [0, 0.1) is 0 Å². The molecular weight excluding hydrogens is 360 g/mol. The maximum Gasteiger partial charge on any atom is 0.333 e. The number of nitrogens with one attached hydrogen (secondary N) is 1. The number of amides is 1. The van der Waals surface area contributed by atoms with Crippen LogP contribution in [0.1, 0.15) is 50.9 Å². The number of hydrogen-bond acceptors (Lipinski definition) is 6. The van der Waals surface area contributed by atoms with Crippen molar-refractivity contribution in [2.45, 2.75) is 40.5 Å². The highest BCUT2D eigenvalue weighted by Crippen LogP contribution is 2.21. The monoisotopic (exact) mass is 386 g/mol. The van der Waals surface area contributed by atoms with Crippen molar-refractivity contribution in [2.24, 2.45) is 0 Å². The van der Waals surface area contributed by atoms with Crippen molar-refractivity contribution < 1.29 is 24.1 Å². The summed E-state index contributed by atoms with van der Waals surface area (Å²) in [5.74, 6) is -1.61. The summed E-state index contributed by atoms with van der Waals surface area (Å²) < 4.78 is 0. The molecular formula is C21H26N2O5. The lowest BCUT2D eigenvalue weighted by molar-refractivity contribution is -0.171. The maximum atomic E-state index is 12.2. The van der Waals surface area contributed by atoms with Crippen molar-refractivity contribution in [3.05, 3.63) is 60.2 Å². The van der Waals surface area contributed by atoms with Gasteiger partial charge in [0.1, 0.15) is 5.69 Å². The minimum Gasteiger partial charge on any atom is -0.322 e. The van der Waals surface area contributed by atoms with Crippen LogP contribution in [0.25, 0.3) is 0 Å². The van der Waals surface area contributed by atoms with E-state index in [4.69, 9.17) is 9.68 Å². The van der Waals surface area contributed by atoms with E-state index in [0.717, 1.165) is 0 Å². The molecule has 7 heteroatoms. The molecule has 2 aromatic carbocycles. The van der Waals surface area contributed by atoms with Gasteiger partial charge in [-0.15, -0.1) is 0 Å². The Hall–Kier alpha value is -3.35. The Morgan fingerprint density at radius 1 is 0.857 bits per heavy atom. The third kappa shape index (κ3) is 8.35. The van der Waals surface area contributed by atoms with Gasteiger partial charge < -0.3 is 15.0 Å². The second kappa shape index (κ2) is 12.1. The number of hydrogen-bond donors (Lipinski definition) is 1. The van der Waals surface area contributed by atoms with Crippen LogP contribution in [-0.2, 0) is 19.3 Å². The van der Waals surface area contributed by atoms with Gasteiger partial charge in [-0.25, -0.2) is 9.59 Å². The summed E-state index contributed by atoms with van der Waals surface area (Å²) in [5, 5.41) is 3.41. The zero-order chi connectivity index (χ0) is 20.9. The second-order valence-corrected chi connectivity index (χ2v) is 5.79. The summed E-state index contributed by atoms with van der Waals surface area (Å²) in [6, 6.07) is 15.0. The summed E-state index contributed by atoms with van der Waals surface area (Å²) in [7, 11) is 0. The molecule has 2 rings (SSSR count). The number of unbranched alkanes of at least 4 members (excludes halogenated alkanes) is 1. The first-order chi connectivity index (χ1) is 13.4. The Kier molecular flexibility index (Phi) is 9.82. The first-order valence-electron chi connectivity index (χ1n) is 9.01. The maximum absolute atomic E-state index is 12.2. The van der Waals surface area contributed by atoms with Gasteiger partial charge in [-0.3, -0.25) is 4.79 Å². The minimum absolute atomic E-state index is 0.270.